The molecule has 1 aromatic rings. The molecule has 6 nitrogen and oxygen atoms in total. The summed E-state index contributed by atoms with van der Waals surface area (Å²) >= 11 is 1.69. The minimum Gasteiger partial charge on any atom is -0.444 e. The summed E-state index contributed by atoms with van der Waals surface area (Å²) in [6.45, 7) is 7.05. The Balaban J connectivity index is 1.74. The maximum Gasteiger partial charge on any atom is 0.410 e. The summed E-state index contributed by atoms with van der Waals surface area (Å²) in [5.41, 5.74) is -0.531. The number of sulfonamides is 1. The molecular formula is C18H26N2O4S2. The van der Waals surface area contributed by atoms with Gasteiger partial charge in [-0.2, -0.15) is 4.31 Å². The number of likely N-dealkylation sites (tertiary alicyclic amines) is 1. The summed E-state index contributed by atoms with van der Waals surface area (Å²) in [6, 6.07) is 8.58. The van der Waals surface area contributed by atoms with Crippen LogP contribution in [0.15, 0.2) is 35.2 Å². The van der Waals surface area contributed by atoms with Gasteiger partial charge in [0.25, 0.3) is 0 Å². The molecule has 1 aromatic carbocycles. The van der Waals surface area contributed by atoms with Gasteiger partial charge in [0, 0.05) is 25.4 Å². The van der Waals surface area contributed by atoms with Crippen LogP contribution >= 0.6 is 11.8 Å². The van der Waals surface area contributed by atoms with Crippen LogP contribution in [0.4, 0.5) is 4.79 Å². The van der Waals surface area contributed by atoms with E-state index in [4.69, 9.17) is 4.74 Å². The SMILES string of the molecule is CC(C)(C)OC(=O)N1CCC2(CC1)SCCN2S(=O)(=O)c1ccccc1. The van der Waals surface area contributed by atoms with E-state index in [1.807, 2.05) is 26.8 Å². The van der Waals surface area contributed by atoms with E-state index in [9.17, 15) is 13.2 Å². The highest BCUT2D eigenvalue weighted by molar-refractivity contribution is 8.02. The molecule has 1 amide bonds. The Morgan fingerprint density at radius 3 is 2.31 bits per heavy atom. The predicted molar refractivity (Wildman–Crippen MR) is 103 cm³/mol. The first kappa shape index (κ1) is 19.5. The van der Waals surface area contributed by atoms with Gasteiger partial charge in [0.2, 0.25) is 10.0 Å². The third-order valence-corrected chi connectivity index (χ3v) is 8.30. The van der Waals surface area contributed by atoms with Gasteiger partial charge < -0.3 is 9.64 Å². The molecule has 0 bridgehead atoms. The number of hydrogen-bond donors (Lipinski definition) is 0. The Labute approximate surface area is 159 Å². The Bertz CT molecular complexity index is 751. The smallest absolute Gasteiger partial charge is 0.410 e. The molecule has 0 N–H and O–H groups in total. The molecule has 2 aliphatic heterocycles. The lowest BCUT2D eigenvalue weighted by Crippen LogP contribution is -2.54. The molecule has 0 atom stereocenters. The van der Waals surface area contributed by atoms with Crippen LogP contribution in [0.5, 0.6) is 0 Å². The summed E-state index contributed by atoms with van der Waals surface area (Å²) in [5, 5.41) is 0. The van der Waals surface area contributed by atoms with Crippen LogP contribution in [0.25, 0.3) is 0 Å². The topological polar surface area (TPSA) is 66.9 Å². The van der Waals surface area contributed by atoms with Gasteiger partial charge in [-0.05, 0) is 45.7 Å². The number of ether oxygens (including phenoxy) is 1. The number of hydrogen-bond acceptors (Lipinski definition) is 5. The van der Waals surface area contributed by atoms with E-state index < -0.39 is 20.5 Å². The number of carbonyl (C=O) groups excluding carboxylic acids is 1. The monoisotopic (exact) mass is 398 g/mol. The maximum absolute atomic E-state index is 13.1. The van der Waals surface area contributed by atoms with Gasteiger partial charge in [0.15, 0.2) is 0 Å². The molecule has 2 aliphatic rings. The zero-order valence-electron chi connectivity index (χ0n) is 15.5. The summed E-state index contributed by atoms with van der Waals surface area (Å²) in [7, 11) is -3.54. The third kappa shape index (κ3) is 3.87. The lowest BCUT2D eigenvalue weighted by Gasteiger charge is -2.43. The van der Waals surface area contributed by atoms with Crippen molar-refractivity contribution in [1.29, 1.82) is 0 Å². The highest BCUT2D eigenvalue weighted by Crippen LogP contribution is 2.46. The van der Waals surface area contributed by atoms with Gasteiger partial charge in [-0.3, -0.25) is 0 Å². The van der Waals surface area contributed by atoms with Crippen molar-refractivity contribution in [2.45, 2.75) is 49.0 Å². The fourth-order valence-electron chi connectivity index (χ4n) is 3.41. The number of benzene rings is 1. The van der Waals surface area contributed by atoms with Crippen LogP contribution in [-0.4, -0.2) is 59.6 Å². The standard InChI is InChI=1S/C18H26N2O4S2/c1-17(2,3)24-16(21)19-11-9-18(10-12-19)20(13-14-25-18)26(22,23)15-7-5-4-6-8-15/h4-8H,9-14H2,1-3H3. The number of nitrogens with zero attached hydrogens (tertiary/aromatic N) is 2. The van der Waals surface area contributed by atoms with E-state index in [0.29, 0.717) is 37.4 Å². The quantitative estimate of drug-likeness (QED) is 0.766. The lowest BCUT2D eigenvalue weighted by molar-refractivity contribution is 0.0167. The van der Waals surface area contributed by atoms with E-state index in [-0.39, 0.29) is 6.09 Å². The normalized spacial score (nSPS) is 21.1. The molecule has 3 rings (SSSR count). The van der Waals surface area contributed by atoms with E-state index in [2.05, 4.69) is 0 Å². The molecule has 26 heavy (non-hydrogen) atoms. The summed E-state index contributed by atoms with van der Waals surface area (Å²) in [5.74, 6) is 0.776. The van der Waals surface area contributed by atoms with Gasteiger partial charge in [0.05, 0.1) is 9.77 Å². The van der Waals surface area contributed by atoms with Crippen molar-refractivity contribution in [1.82, 2.24) is 9.21 Å². The van der Waals surface area contributed by atoms with Crippen LogP contribution in [0.3, 0.4) is 0 Å². The average molecular weight is 399 g/mol. The molecule has 8 heteroatoms. The van der Waals surface area contributed by atoms with Crippen LogP contribution in [-0.2, 0) is 14.8 Å². The van der Waals surface area contributed by atoms with Crippen LogP contribution < -0.4 is 0 Å². The Hall–Kier alpha value is -1.25. The van der Waals surface area contributed by atoms with Gasteiger partial charge in [0.1, 0.15) is 5.60 Å². The van der Waals surface area contributed by atoms with E-state index in [0.717, 1.165) is 5.75 Å². The zero-order valence-corrected chi connectivity index (χ0v) is 17.1. The first-order valence-electron chi connectivity index (χ1n) is 8.84. The van der Waals surface area contributed by atoms with Crippen molar-refractivity contribution in [3.63, 3.8) is 0 Å². The first-order valence-corrected chi connectivity index (χ1v) is 11.3. The number of thioether (sulfide) groups is 1. The molecule has 0 saturated carbocycles. The summed E-state index contributed by atoms with van der Waals surface area (Å²) in [6.07, 6.45) is 0.902. The van der Waals surface area contributed by atoms with Gasteiger partial charge >= 0.3 is 6.09 Å². The van der Waals surface area contributed by atoms with Crippen LogP contribution in [0.2, 0.25) is 0 Å². The van der Waals surface area contributed by atoms with Crippen molar-refractivity contribution in [2.24, 2.45) is 0 Å². The zero-order chi connectivity index (χ0) is 19.0. The molecule has 0 unspecified atom stereocenters. The van der Waals surface area contributed by atoms with Crippen molar-refractivity contribution in [3.05, 3.63) is 30.3 Å². The van der Waals surface area contributed by atoms with Crippen molar-refractivity contribution in [3.8, 4) is 0 Å². The lowest BCUT2D eigenvalue weighted by atomic mass is 10.0. The number of carbonyl (C=O) groups is 1. The molecule has 2 saturated heterocycles. The Morgan fingerprint density at radius 2 is 1.73 bits per heavy atom. The second-order valence-corrected chi connectivity index (χ2v) is 11.0. The van der Waals surface area contributed by atoms with E-state index in [1.54, 1.807) is 45.2 Å². The molecule has 144 valence electrons. The number of amides is 1. The molecule has 0 radical (unpaired) electrons. The Kier molecular flexibility index (Phi) is 5.29. The largest absolute Gasteiger partial charge is 0.444 e. The number of rotatable bonds is 2. The summed E-state index contributed by atoms with van der Waals surface area (Å²) < 4.78 is 33.3. The second-order valence-electron chi connectivity index (χ2n) is 7.65. The molecule has 2 heterocycles. The average Bonchev–Trinajstić information content (AvgIpc) is 2.98. The molecule has 0 aromatic heterocycles. The van der Waals surface area contributed by atoms with E-state index >= 15 is 0 Å². The fraction of sp³-hybridized carbons (Fsp3) is 0.611. The highest BCUT2D eigenvalue weighted by Gasteiger charge is 2.50. The molecule has 0 aliphatic carbocycles. The Morgan fingerprint density at radius 1 is 1.12 bits per heavy atom. The van der Waals surface area contributed by atoms with Crippen molar-refractivity contribution in [2.75, 3.05) is 25.4 Å². The van der Waals surface area contributed by atoms with Crippen LogP contribution in [0, 0.1) is 0 Å². The summed E-state index contributed by atoms with van der Waals surface area (Å²) in [4.78, 5) is 13.8. The number of piperidine rings is 1. The van der Waals surface area contributed by atoms with Gasteiger partial charge in [-0.15, -0.1) is 11.8 Å². The minimum atomic E-state index is -3.54. The molecule has 2 fully saturated rings. The third-order valence-electron chi connectivity index (χ3n) is 4.65. The molecular weight excluding hydrogens is 372 g/mol. The van der Waals surface area contributed by atoms with E-state index in [1.165, 1.54) is 0 Å². The predicted octanol–water partition coefficient (Wildman–Crippen LogP) is 3.15. The fourth-order valence-corrected chi connectivity index (χ4v) is 7.05. The first-order chi connectivity index (χ1) is 12.1. The molecule has 1 spiro atoms. The van der Waals surface area contributed by atoms with Crippen molar-refractivity contribution >= 4 is 27.9 Å². The van der Waals surface area contributed by atoms with Gasteiger partial charge in [-0.1, -0.05) is 18.2 Å². The maximum atomic E-state index is 13.1. The van der Waals surface area contributed by atoms with Gasteiger partial charge in [-0.25, -0.2) is 13.2 Å². The second kappa shape index (κ2) is 7.05. The highest BCUT2D eigenvalue weighted by atomic mass is 32.2. The van der Waals surface area contributed by atoms with Crippen molar-refractivity contribution < 1.29 is 17.9 Å². The van der Waals surface area contributed by atoms with Crippen LogP contribution in [0.1, 0.15) is 33.6 Å². The minimum absolute atomic E-state index is 0.326.